The summed E-state index contributed by atoms with van der Waals surface area (Å²) in [5.41, 5.74) is 1.24. The van der Waals surface area contributed by atoms with Gasteiger partial charge in [0.25, 0.3) is 0 Å². The Morgan fingerprint density at radius 1 is 1.32 bits per heavy atom. The number of hydrogen-bond donors (Lipinski definition) is 0. The molecule has 0 atom stereocenters. The van der Waals surface area contributed by atoms with Gasteiger partial charge in [-0.2, -0.15) is 0 Å². The van der Waals surface area contributed by atoms with E-state index in [4.69, 9.17) is 4.74 Å². The van der Waals surface area contributed by atoms with Gasteiger partial charge in [-0.1, -0.05) is 37.3 Å². The molecule has 0 N–H and O–H groups in total. The van der Waals surface area contributed by atoms with Crippen LogP contribution < -0.4 is 0 Å². The Morgan fingerprint density at radius 2 is 2.00 bits per heavy atom. The average Bonchev–Trinajstić information content (AvgIpc) is 2.46. The Bertz CT molecular complexity index is 440. The summed E-state index contributed by atoms with van der Waals surface area (Å²) in [7, 11) is 1.57. The molecule has 4 heteroatoms. The van der Waals surface area contributed by atoms with Crippen molar-refractivity contribution in [3.63, 3.8) is 0 Å². The number of ether oxygens (including phenoxy) is 1. The fraction of sp³-hybridized carbons (Fsp3) is 0.333. The summed E-state index contributed by atoms with van der Waals surface area (Å²) in [4.78, 5) is 24.6. The minimum atomic E-state index is -0.0914. The molecule has 0 aliphatic carbocycles. The first-order valence-electron chi connectivity index (χ1n) is 6.24. The molecule has 0 heterocycles. The van der Waals surface area contributed by atoms with Gasteiger partial charge in [0.15, 0.2) is 6.29 Å². The molecule has 0 radical (unpaired) electrons. The van der Waals surface area contributed by atoms with Crippen LogP contribution in [0.4, 0.5) is 0 Å². The SMILES string of the molecule is CCC(=O)N(CCOC)C(C=O)=Cc1ccccc1. The van der Waals surface area contributed by atoms with Crippen LogP contribution >= 0.6 is 0 Å². The lowest BCUT2D eigenvalue weighted by atomic mass is 10.2. The molecule has 102 valence electrons. The Labute approximate surface area is 113 Å². The van der Waals surface area contributed by atoms with Crippen LogP contribution in [-0.4, -0.2) is 37.4 Å². The lowest BCUT2D eigenvalue weighted by Gasteiger charge is -2.21. The van der Waals surface area contributed by atoms with Gasteiger partial charge >= 0.3 is 0 Å². The molecule has 1 rings (SSSR count). The smallest absolute Gasteiger partial charge is 0.226 e. The van der Waals surface area contributed by atoms with E-state index in [0.717, 1.165) is 5.56 Å². The molecule has 0 fully saturated rings. The van der Waals surface area contributed by atoms with Crippen LogP contribution in [0.25, 0.3) is 6.08 Å². The maximum absolute atomic E-state index is 11.9. The monoisotopic (exact) mass is 261 g/mol. The Balaban J connectivity index is 2.98. The molecule has 0 spiro atoms. The van der Waals surface area contributed by atoms with Gasteiger partial charge in [0.2, 0.25) is 5.91 Å². The second-order valence-corrected chi connectivity index (χ2v) is 3.99. The third-order valence-electron chi connectivity index (χ3n) is 2.67. The molecule has 4 nitrogen and oxygen atoms in total. The predicted octanol–water partition coefficient (Wildman–Crippen LogP) is 2.11. The second-order valence-electron chi connectivity index (χ2n) is 3.99. The Kier molecular flexibility index (Phi) is 6.53. The van der Waals surface area contributed by atoms with E-state index in [1.165, 1.54) is 4.90 Å². The topological polar surface area (TPSA) is 46.6 Å². The van der Waals surface area contributed by atoms with Crippen LogP contribution in [-0.2, 0) is 14.3 Å². The molecular formula is C15H19NO3. The normalized spacial score (nSPS) is 11.2. The maximum atomic E-state index is 11.9. The summed E-state index contributed by atoms with van der Waals surface area (Å²) in [6.45, 7) is 2.54. The lowest BCUT2D eigenvalue weighted by molar-refractivity contribution is -0.130. The van der Waals surface area contributed by atoms with Crippen LogP contribution in [0.1, 0.15) is 18.9 Å². The third-order valence-corrected chi connectivity index (χ3v) is 2.67. The summed E-state index contributed by atoms with van der Waals surface area (Å²) in [5.74, 6) is -0.0914. The van der Waals surface area contributed by atoms with Crippen molar-refractivity contribution in [3.05, 3.63) is 41.6 Å². The van der Waals surface area contributed by atoms with Crippen molar-refractivity contribution < 1.29 is 14.3 Å². The van der Waals surface area contributed by atoms with Crippen molar-refractivity contribution in [2.24, 2.45) is 0 Å². The molecule has 0 aliphatic heterocycles. The van der Waals surface area contributed by atoms with Crippen molar-refractivity contribution >= 4 is 18.3 Å². The fourth-order valence-electron chi connectivity index (χ4n) is 1.67. The number of nitrogens with zero attached hydrogens (tertiary/aromatic N) is 1. The highest BCUT2D eigenvalue weighted by Gasteiger charge is 2.15. The van der Waals surface area contributed by atoms with E-state index < -0.39 is 0 Å². The van der Waals surface area contributed by atoms with E-state index in [-0.39, 0.29) is 5.91 Å². The Hall–Kier alpha value is -1.94. The van der Waals surface area contributed by atoms with Gasteiger partial charge in [-0.05, 0) is 11.6 Å². The lowest BCUT2D eigenvalue weighted by Crippen LogP contribution is -2.33. The zero-order valence-electron chi connectivity index (χ0n) is 11.3. The first-order valence-corrected chi connectivity index (χ1v) is 6.24. The molecule has 0 aromatic heterocycles. The van der Waals surface area contributed by atoms with Crippen LogP contribution in [0.3, 0.4) is 0 Å². The minimum Gasteiger partial charge on any atom is -0.383 e. The number of benzene rings is 1. The fourth-order valence-corrected chi connectivity index (χ4v) is 1.67. The number of carbonyl (C=O) groups is 2. The summed E-state index contributed by atoms with van der Waals surface area (Å²) in [6, 6.07) is 9.44. The largest absolute Gasteiger partial charge is 0.383 e. The highest BCUT2D eigenvalue weighted by Crippen LogP contribution is 2.10. The number of rotatable bonds is 7. The van der Waals surface area contributed by atoms with E-state index in [1.54, 1.807) is 20.1 Å². The average molecular weight is 261 g/mol. The highest BCUT2D eigenvalue weighted by atomic mass is 16.5. The second kappa shape index (κ2) is 8.21. The molecule has 1 aromatic rings. The van der Waals surface area contributed by atoms with Crippen LogP contribution in [0.15, 0.2) is 36.0 Å². The van der Waals surface area contributed by atoms with Crippen molar-refractivity contribution in [1.82, 2.24) is 4.90 Å². The van der Waals surface area contributed by atoms with E-state index in [1.807, 2.05) is 30.3 Å². The highest BCUT2D eigenvalue weighted by molar-refractivity contribution is 5.89. The van der Waals surface area contributed by atoms with Gasteiger partial charge in [-0.15, -0.1) is 0 Å². The van der Waals surface area contributed by atoms with Crippen molar-refractivity contribution in [3.8, 4) is 0 Å². The van der Waals surface area contributed by atoms with Gasteiger partial charge in [0.05, 0.1) is 12.3 Å². The summed E-state index contributed by atoms with van der Waals surface area (Å²) in [5, 5.41) is 0. The van der Waals surface area contributed by atoms with Gasteiger partial charge in [-0.3, -0.25) is 9.59 Å². The van der Waals surface area contributed by atoms with E-state index in [0.29, 0.717) is 31.6 Å². The van der Waals surface area contributed by atoms with Crippen molar-refractivity contribution in [2.75, 3.05) is 20.3 Å². The zero-order chi connectivity index (χ0) is 14.1. The molecule has 0 aliphatic rings. The zero-order valence-corrected chi connectivity index (χ0v) is 11.3. The molecule has 1 aromatic carbocycles. The summed E-state index contributed by atoms with van der Waals surface area (Å²) < 4.78 is 4.97. The first-order chi connectivity index (χ1) is 9.22. The standard InChI is InChI=1S/C15H19NO3/c1-3-15(18)16(9-10-19-2)14(12-17)11-13-7-5-4-6-8-13/h4-8,11-12H,3,9-10H2,1-2H3. The van der Waals surface area contributed by atoms with Crippen molar-refractivity contribution in [2.45, 2.75) is 13.3 Å². The molecule has 19 heavy (non-hydrogen) atoms. The molecule has 0 bridgehead atoms. The van der Waals surface area contributed by atoms with Crippen molar-refractivity contribution in [1.29, 1.82) is 0 Å². The van der Waals surface area contributed by atoms with Crippen LogP contribution in [0.2, 0.25) is 0 Å². The van der Waals surface area contributed by atoms with Gasteiger partial charge < -0.3 is 9.64 Å². The quantitative estimate of drug-likeness (QED) is 0.558. The van der Waals surface area contributed by atoms with E-state index >= 15 is 0 Å². The number of hydrogen-bond acceptors (Lipinski definition) is 3. The van der Waals surface area contributed by atoms with Gasteiger partial charge in [0.1, 0.15) is 0 Å². The van der Waals surface area contributed by atoms with Gasteiger partial charge in [0, 0.05) is 20.1 Å². The molecule has 0 unspecified atom stereocenters. The van der Waals surface area contributed by atoms with E-state index in [9.17, 15) is 9.59 Å². The maximum Gasteiger partial charge on any atom is 0.226 e. The molecule has 1 amide bonds. The molecule has 0 saturated heterocycles. The number of aldehydes is 1. The number of carbonyl (C=O) groups excluding carboxylic acids is 2. The number of allylic oxidation sites excluding steroid dienone is 1. The first kappa shape index (κ1) is 15.1. The van der Waals surface area contributed by atoms with E-state index in [2.05, 4.69) is 0 Å². The minimum absolute atomic E-state index is 0.0914. The molecular weight excluding hydrogens is 242 g/mol. The molecule has 0 saturated carbocycles. The summed E-state index contributed by atoms with van der Waals surface area (Å²) in [6.07, 6.45) is 2.76. The van der Waals surface area contributed by atoms with Crippen LogP contribution in [0.5, 0.6) is 0 Å². The predicted molar refractivity (Wildman–Crippen MR) is 74.4 cm³/mol. The summed E-state index contributed by atoms with van der Waals surface area (Å²) >= 11 is 0. The Morgan fingerprint density at radius 3 is 2.53 bits per heavy atom. The number of amides is 1. The van der Waals surface area contributed by atoms with Gasteiger partial charge in [-0.25, -0.2) is 0 Å². The number of methoxy groups -OCH3 is 1. The third kappa shape index (κ3) is 4.67. The van der Waals surface area contributed by atoms with Crippen LogP contribution in [0, 0.1) is 0 Å².